The van der Waals surface area contributed by atoms with E-state index in [4.69, 9.17) is 4.74 Å². The number of nitrogens with one attached hydrogen (secondary N) is 1. The summed E-state index contributed by atoms with van der Waals surface area (Å²) < 4.78 is 7.45. The van der Waals surface area contributed by atoms with E-state index >= 15 is 0 Å². The Hall–Kier alpha value is -1.60. The van der Waals surface area contributed by atoms with Crippen molar-refractivity contribution in [2.24, 2.45) is 0 Å². The lowest BCUT2D eigenvalue weighted by Gasteiger charge is -2.03. The van der Waals surface area contributed by atoms with E-state index in [0.717, 1.165) is 35.0 Å². The molecule has 0 bridgehead atoms. The number of halogens is 2. The molecule has 0 amide bonds. The third-order valence-corrected chi connectivity index (χ3v) is 5.04. The van der Waals surface area contributed by atoms with Crippen molar-refractivity contribution in [2.75, 3.05) is 6.61 Å². The van der Waals surface area contributed by atoms with Gasteiger partial charge in [0.15, 0.2) is 0 Å². The summed E-state index contributed by atoms with van der Waals surface area (Å²) in [6.45, 7) is 2.47. The van der Waals surface area contributed by atoms with Gasteiger partial charge >= 0.3 is 5.97 Å². The van der Waals surface area contributed by atoms with Gasteiger partial charge in [-0.05, 0) is 34.5 Å². The number of aromatic amines is 1. The predicted octanol–water partition coefficient (Wildman–Crippen LogP) is 3.84. The van der Waals surface area contributed by atoms with Crippen LogP contribution in [0.15, 0.2) is 30.5 Å². The zero-order valence-electron chi connectivity index (χ0n) is 13.2. The Bertz CT molecular complexity index is 959. The molecule has 1 N–H and O–H groups in total. The first-order valence-corrected chi connectivity index (χ1v) is 9.64. The number of H-pyrrole nitrogens is 1. The average Bonchev–Trinajstić information content (AvgIpc) is 2.94. The average molecular weight is 455 g/mol. The maximum Gasteiger partial charge on any atom is 0.347 e. The van der Waals surface area contributed by atoms with Crippen LogP contribution in [0.25, 0.3) is 20.9 Å². The lowest BCUT2D eigenvalue weighted by atomic mass is 10.2. The highest BCUT2D eigenvalue weighted by Gasteiger charge is 2.13. The number of ether oxygens (including phenoxy) is 1. The summed E-state index contributed by atoms with van der Waals surface area (Å²) in [6.07, 6.45) is 3.61. The molecule has 3 aromatic rings. The molecule has 0 radical (unpaired) electrons. The van der Waals surface area contributed by atoms with Gasteiger partial charge in [0.05, 0.1) is 29.2 Å². The number of rotatable bonds is 5. The highest BCUT2D eigenvalue weighted by Crippen LogP contribution is 2.18. The maximum atomic E-state index is 12.3. The van der Waals surface area contributed by atoms with Crippen LogP contribution in [0.3, 0.4) is 0 Å². The minimum Gasteiger partial charge on any atom is -0.462 e. The van der Waals surface area contributed by atoms with Gasteiger partial charge in [0.1, 0.15) is 4.48 Å². The highest BCUT2D eigenvalue weighted by atomic mass is 79.9. The molecule has 5 nitrogen and oxygen atoms in total. The normalized spacial score (nSPS) is 12.6. The van der Waals surface area contributed by atoms with E-state index in [1.807, 2.05) is 24.3 Å². The standard InChI is InChI=1S/C17H17Br2N3O2/c1-2-3-7-24-17(23)15(19)14-8-12(9-18)21-13-6-4-5-11-10-20-22(14)16(11)13/h4-6,8,10,21H,2-3,7,9H2,1H3/b15-14+. The second kappa shape index (κ2) is 7.53. The molecule has 0 saturated heterocycles. The number of nitrogens with zero attached hydrogens (tertiary/aromatic N) is 2. The molecule has 0 atom stereocenters. The van der Waals surface area contributed by atoms with Crippen molar-refractivity contribution < 1.29 is 9.53 Å². The van der Waals surface area contributed by atoms with Crippen LogP contribution >= 0.6 is 31.9 Å². The molecule has 0 aliphatic carbocycles. The van der Waals surface area contributed by atoms with Crippen LogP contribution in [0.2, 0.25) is 0 Å². The van der Waals surface area contributed by atoms with Crippen molar-refractivity contribution in [2.45, 2.75) is 25.1 Å². The molecule has 2 heterocycles. The second-order valence-electron chi connectivity index (χ2n) is 5.42. The number of carbonyl (C=O) groups is 1. The van der Waals surface area contributed by atoms with E-state index < -0.39 is 0 Å². The van der Waals surface area contributed by atoms with Crippen LogP contribution < -0.4 is 5.35 Å². The van der Waals surface area contributed by atoms with E-state index in [9.17, 15) is 4.79 Å². The van der Waals surface area contributed by atoms with Crippen LogP contribution in [0, 0.1) is 0 Å². The van der Waals surface area contributed by atoms with Crippen molar-refractivity contribution in [3.8, 4) is 0 Å². The lowest BCUT2D eigenvalue weighted by molar-refractivity contribution is -0.136. The number of hydrogen-bond donors (Lipinski definition) is 1. The second-order valence-corrected chi connectivity index (χ2v) is 6.77. The smallest absolute Gasteiger partial charge is 0.347 e. The summed E-state index contributed by atoms with van der Waals surface area (Å²) in [7, 11) is 0. The fourth-order valence-electron chi connectivity index (χ4n) is 2.50. The van der Waals surface area contributed by atoms with Gasteiger partial charge in [0.2, 0.25) is 0 Å². The maximum absolute atomic E-state index is 12.3. The molecule has 1 aromatic carbocycles. The van der Waals surface area contributed by atoms with Crippen LogP contribution in [0.5, 0.6) is 0 Å². The van der Waals surface area contributed by atoms with Crippen LogP contribution in [0.4, 0.5) is 0 Å². The van der Waals surface area contributed by atoms with Gasteiger partial charge in [-0.15, -0.1) is 0 Å². The number of benzene rings is 1. The number of esters is 1. The Morgan fingerprint density at radius 2 is 2.25 bits per heavy atom. The van der Waals surface area contributed by atoms with E-state index in [1.54, 1.807) is 10.7 Å². The Morgan fingerprint density at radius 1 is 1.42 bits per heavy atom. The fraction of sp³-hybridized carbons (Fsp3) is 0.294. The molecule has 7 heteroatoms. The molecule has 2 aromatic heterocycles. The molecule has 0 fully saturated rings. The summed E-state index contributed by atoms with van der Waals surface area (Å²) in [5.41, 5.74) is 2.81. The van der Waals surface area contributed by atoms with Crippen molar-refractivity contribution in [1.29, 1.82) is 0 Å². The number of para-hydroxylation sites is 1. The lowest BCUT2D eigenvalue weighted by Crippen LogP contribution is -2.20. The third-order valence-electron chi connectivity index (χ3n) is 3.70. The van der Waals surface area contributed by atoms with Gasteiger partial charge in [0, 0.05) is 16.4 Å². The van der Waals surface area contributed by atoms with Gasteiger partial charge in [0.25, 0.3) is 0 Å². The molecule has 0 spiro atoms. The molecule has 0 unspecified atom stereocenters. The summed E-state index contributed by atoms with van der Waals surface area (Å²) in [5, 5.41) is 6.74. The Balaban J connectivity index is 2.27. The summed E-state index contributed by atoms with van der Waals surface area (Å²) >= 11 is 6.88. The molecular formula is C17H17Br2N3O2. The zero-order valence-corrected chi connectivity index (χ0v) is 16.4. The molecule has 3 rings (SSSR count). The number of unbranched alkanes of at least 4 members (excludes halogenated alkanes) is 1. The molecule has 0 aliphatic rings. The van der Waals surface area contributed by atoms with Crippen molar-refractivity contribution in [3.63, 3.8) is 0 Å². The molecule has 0 aliphatic heterocycles. The topological polar surface area (TPSA) is 59.4 Å². The monoisotopic (exact) mass is 453 g/mol. The van der Waals surface area contributed by atoms with Crippen molar-refractivity contribution in [1.82, 2.24) is 14.6 Å². The van der Waals surface area contributed by atoms with Crippen LogP contribution in [-0.4, -0.2) is 27.2 Å². The quantitative estimate of drug-likeness (QED) is 0.362. The molecule has 126 valence electrons. The Morgan fingerprint density at radius 3 is 3.00 bits per heavy atom. The molecule has 0 saturated carbocycles. The van der Waals surface area contributed by atoms with Gasteiger partial charge in [-0.1, -0.05) is 41.4 Å². The van der Waals surface area contributed by atoms with Gasteiger partial charge < -0.3 is 9.72 Å². The van der Waals surface area contributed by atoms with Gasteiger partial charge in [-0.2, -0.15) is 5.10 Å². The molecular weight excluding hydrogens is 438 g/mol. The Kier molecular flexibility index (Phi) is 5.40. The van der Waals surface area contributed by atoms with Gasteiger partial charge in [-0.3, -0.25) is 0 Å². The van der Waals surface area contributed by atoms with Crippen LogP contribution in [0.1, 0.15) is 25.5 Å². The van der Waals surface area contributed by atoms with E-state index in [0.29, 0.717) is 21.8 Å². The first-order chi connectivity index (χ1) is 11.7. The van der Waals surface area contributed by atoms with E-state index in [1.165, 1.54) is 0 Å². The van der Waals surface area contributed by atoms with Gasteiger partial charge in [-0.25, -0.2) is 9.31 Å². The minimum absolute atomic E-state index is 0.362. The third kappa shape index (κ3) is 3.28. The number of carbonyl (C=O) groups excluding carboxylic acids is 1. The summed E-state index contributed by atoms with van der Waals surface area (Å²) in [6, 6.07) is 7.86. The Labute approximate surface area is 156 Å². The number of hydrogen-bond acceptors (Lipinski definition) is 3. The SMILES string of the molecule is CCCCOC(=O)/C(Br)=c1/cc(CBr)[nH]c2cccc3cnn1c32. The first-order valence-electron chi connectivity index (χ1n) is 7.73. The van der Waals surface area contributed by atoms with Crippen LogP contribution in [-0.2, 0) is 14.9 Å². The largest absolute Gasteiger partial charge is 0.462 e. The van der Waals surface area contributed by atoms with Crippen molar-refractivity contribution in [3.05, 3.63) is 41.5 Å². The highest BCUT2D eigenvalue weighted by molar-refractivity contribution is 9.15. The fourth-order valence-corrected chi connectivity index (χ4v) is 3.20. The first kappa shape index (κ1) is 17.2. The van der Waals surface area contributed by atoms with E-state index in [2.05, 4.69) is 48.9 Å². The summed E-state index contributed by atoms with van der Waals surface area (Å²) in [5.74, 6) is -0.383. The molecule has 24 heavy (non-hydrogen) atoms. The van der Waals surface area contributed by atoms with E-state index in [-0.39, 0.29) is 5.97 Å². The summed E-state index contributed by atoms with van der Waals surface area (Å²) in [4.78, 5) is 15.7. The van der Waals surface area contributed by atoms with Crippen molar-refractivity contribution >= 4 is 58.7 Å². The zero-order chi connectivity index (χ0) is 17.1. The predicted molar refractivity (Wildman–Crippen MR) is 102 cm³/mol. The number of alkyl halides is 1. The number of aromatic nitrogens is 3. The minimum atomic E-state index is -0.383.